The molecular weight excluding hydrogens is 250 g/mol. The summed E-state index contributed by atoms with van der Waals surface area (Å²) in [6.45, 7) is 4.06. The van der Waals surface area contributed by atoms with E-state index < -0.39 is 0 Å². The summed E-state index contributed by atoms with van der Waals surface area (Å²) in [6.07, 6.45) is 0.470. The van der Waals surface area contributed by atoms with E-state index in [1.54, 1.807) is 0 Å². The third kappa shape index (κ3) is 5.15. The first-order chi connectivity index (χ1) is 3.98. The monoisotopic (exact) mass is 260 g/mol. The van der Waals surface area contributed by atoms with E-state index in [-0.39, 0.29) is 10.7 Å². The Morgan fingerprint density at radius 1 is 1.67 bits per heavy atom. The zero-order chi connectivity index (χ0) is 7.49. The first-order valence-electron chi connectivity index (χ1n) is 2.72. The lowest BCUT2D eigenvalue weighted by Gasteiger charge is -2.17. The van der Waals surface area contributed by atoms with Crippen LogP contribution in [0.3, 0.4) is 0 Å². The van der Waals surface area contributed by atoms with Gasteiger partial charge < -0.3 is 0 Å². The van der Waals surface area contributed by atoms with Gasteiger partial charge in [0.1, 0.15) is 0 Å². The highest BCUT2D eigenvalue weighted by molar-refractivity contribution is 14.1. The molecule has 0 aromatic heterocycles. The quantitative estimate of drug-likeness (QED) is 0.433. The molecule has 0 bridgehead atoms. The Hall–Kier alpha value is 0.690. The van der Waals surface area contributed by atoms with Gasteiger partial charge in [0.05, 0.1) is 0 Å². The zero-order valence-electron chi connectivity index (χ0n) is 5.58. The van der Waals surface area contributed by atoms with Gasteiger partial charge in [-0.1, -0.05) is 36.4 Å². The maximum Gasteiger partial charge on any atom is 0.222 e. The fraction of sp³-hybridized carbons (Fsp3) is 0.833. The van der Waals surface area contributed by atoms with Crippen molar-refractivity contribution in [2.75, 3.05) is 4.43 Å². The minimum absolute atomic E-state index is 0.0688. The van der Waals surface area contributed by atoms with Gasteiger partial charge in [0.25, 0.3) is 0 Å². The first-order valence-corrected chi connectivity index (χ1v) is 4.62. The van der Waals surface area contributed by atoms with Crippen molar-refractivity contribution in [1.29, 1.82) is 0 Å². The van der Waals surface area contributed by atoms with Crippen LogP contribution in [-0.2, 0) is 4.79 Å². The predicted octanol–water partition coefficient (Wildman–Crippen LogP) is 2.60. The lowest BCUT2D eigenvalue weighted by molar-refractivity contribution is -0.113. The predicted molar refractivity (Wildman–Crippen MR) is 48.1 cm³/mol. The molecule has 0 aliphatic rings. The maximum absolute atomic E-state index is 10.4. The van der Waals surface area contributed by atoms with E-state index in [4.69, 9.17) is 11.6 Å². The third-order valence-corrected chi connectivity index (χ3v) is 3.18. The van der Waals surface area contributed by atoms with E-state index in [0.717, 1.165) is 4.43 Å². The number of halogens is 2. The van der Waals surface area contributed by atoms with E-state index in [1.165, 1.54) is 0 Å². The third-order valence-electron chi connectivity index (χ3n) is 0.979. The molecule has 0 radical (unpaired) electrons. The van der Waals surface area contributed by atoms with Crippen LogP contribution < -0.4 is 0 Å². The zero-order valence-corrected chi connectivity index (χ0v) is 8.49. The van der Waals surface area contributed by atoms with Crippen molar-refractivity contribution in [3.8, 4) is 0 Å². The molecule has 0 heterocycles. The molecule has 0 rings (SSSR count). The summed E-state index contributed by atoms with van der Waals surface area (Å²) in [5.41, 5.74) is 0.0688. The Labute approximate surface area is 74.3 Å². The van der Waals surface area contributed by atoms with Gasteiger partial charge in [0.15, 0.2) is 0 Å². The van der Waals surface area contributed by atoms with E-state index >= 15 is 0 Å². The van der Waals surface area contributed by atoms with Crippen molar-refractivity contribution >= 4 is 39.4 Å². The molecule has 0 N–H and O–H groups in total. The highest BCUT2D eigenvalue weighted by Crippen LogP contribution is 2.23. The summed E-state index contributed by atoms with van der Waals surface area (Å²) >= 11 is 7.45. The molecule has 0 unspecified atom stereocenters. The van der Waals surface area contributed by atoms with E-state index in [2.05, 4.69) is 22.6 Å². The lowest BCUT2D eigenvalue weighted by Crippen LogP contribution is -2.15. The molecule has 3 heteroatoms. The largest absolute Gasteiger partial charge is 0.281 e. The standard InChI is InChI=1S/C6H10ClIO/c1-6(2,4-8)3-5(7)9/h3-4H2,1-2H3. The lowest BCUT2D eigenvalue weighted by atomic mass is 9.93. The minimum Gasteiger partial charge on any atom is -0.281 e. The van der Waals surface area contributed by atoms with Gasteiger partial charge in [0.2, 0.25) is 5.24 Å². The summed E-state index contributed by atoms with van der Waals surface area (Å²) < 4.78 is 0.962. The molecule has 0 aliphatic carbocycles. The van der Waals surface area contributed by atoms with Crippen LogP contribution in [0.2, 0.25) is 0 Å². The van der Waals surface area contributed by atoms with Gasteiger partial charge in [0, 0.05) is 10.8 Å². The molecule has 0 atom stereocenters. The Bertz CT molecular complexity index is 112. The van der Waals surface area contributed by atoms with Gasteiger partial charge in [-0.3, -0.25) is 4.79 Å². The average molecular weight is 261 g/mol. The van der Waals surface area contributed by atoms with Crippen LogP contribution in [0.4, 0.5) is 0 Å². The average Bonchev–Trinajstić information content (AvgIpc) is 1.63. The Balaban J connectivity index is 3.71. The number of carbonyl (C=O) groups is 1. The fourth-order valence-corrected chi connectivity index (χ4v) is 1.05. The van der Waals surface area contributed by atoms with Gasteiger partial charge in [-0.25, -0.2) is 0 Å². The summed E-state index contributed by atoms with van der Waals surface area (Å²) in [6, 6.07) is 0. The van der Waals surface area contributed by atoms with Crippen LogP contribution in [0.5, 0.6) is 0 Å². The van der Waals surface area contributed by atoms with Crippen LogP contribution in [0, 0.1) is 5.41 Å². The van der Waals surface area contributed by atoms with Gasteiger partial charge in [-0.05, 0) is 17.0 Å². The van der Waals surface area contributed by atoms with Gasteiger partial charge in [-0.2, -0.15) is 0 Å². The van der Waals surface area contributed by atoms with Crippen LogP contribution in [0.25, 0.3) is 0 Å². The van der Waals surface area contributed by atoms with Crippen LogP contribution in [0.15, 0.2) is 0 Å². The second-order valence-electron chi connectivity index (χ2n) is 2.83. The first kappa shape index (κ1) is 9.69. The molecule has 0 aliphatic heterocycles. The van der Waals surface area contributed by atoms with Crippen molar-refractivity contribution in [2.45, 2.75) is 20.3 Å². The smallest absolute Gasteiger partial charge is 0.222 e. The molecule has 0 spiro atoms. The molecule has 9 heavy (non-hydrogen) atoms. The Morgan fingerprint density at radius 2 is 2.11 bits per heavy atom. The molecule has 1 nitrogen and oxygen atoms in total. The molecule has 0 amide bonds. The van der Waals surface area contributed by atoms with Gasteiger partial charge in [-0.15, -0.1) is 0 Å². The van der Waals surface area contributed by atoms with Crippen LogP contribution in [0.1, 0.15) is 20.3 Å². The topological polar surface area (TPSA) is 17.1 Å². The molecule has 54 valence electrons. The summed E-state index contributed by atoms with van der Waals surface area (Å²) in [5.74, 6) is 0. The van der Waals surface area contributed by atoms with Crippen molar-refractivity contribution in [3.05, 3.63) is 0 Å². The highest BCUT2D eigenvalue weighted by atomic mass is 127. The number of alkyl halides is 1. The fourth-order valence-electron chi connectivity index (χ4n) is 0.423. The van der Waals surface area contributed by atoms with E-state index in [0.29, 0.717) is 6.42 Å². The number of rotatable bonds is 3. The minimum atomic E-state index is -0.239. The van der Waals surface area contributed by atoms with Crippen molar-refractivity contribution in [1.82, 2.24) is 0 Å². The highest BCUT2D eigenvalue weighted by Gasteiger charge is 2.18. The van der Waals surface area contributed by atoms with Crippen LogP contribution in [-0.4, -0.2) is 9.67 Å². The van der Waals surface area contributed by atoms with E-state index in [9.17, 15) is 4.79 Å². The SMILES string of the molecule is CC(C)(CI)CC(=O)Cl. The van der Waals surface area contributed by atoms with Crippen molar-refractivity contribution < 1.29 is 4.79 Å². The van der Waals surface area contributed by atoms with Crippen molar-refractivity contribution in [2.24, 2.45) is 5.41 Å². The molecular formula is C6H10ClIO. The molecule has 0 aromatic rings. The second kappa shape index (κ2) is 3.76. The van der Waals surface area contributed by atoms with E-state index in [1.807, 2.05) is 13.8 Å². The van der Waals surface area contributed by atoms with Crippen LogP contribution >= 0.6 is 34.2 Å². The molecule has 0 saturated carbocycles. The summed E-state index contributed by atoms with van der Waals surface area (Å²) in [7, 11) is 0. The summed E-state index contributed by atoms with van der Waals surface area (Å²) in [5, 5.41) is -0.239. The van der Waals surface area contributed by atoms with Gasteiger partial charge >= 0.3 is 0 Å². The normalized spacial score (nSPS) is 11.6. The Morgan fingerprint density at radius 3 is 2.22 bits per heavy atom. The molecule has 0 aromatic carbocycles. The number of hydrogen-bond acceptors (Lipinski definition) is 1. The molecule has 0 fully saturated rings. The molecule has 0 saturated heterocycles. The number of carbonyl (C=O) groups excluding carboxylic acids is 1. The maximum atomic E-state index is 10.4. The summed E-state index contributed by atoms with van der Waals surface area (Å²) in [4.78, 5) is 10.4. The number of hydrogen-bond donors (Lipinski definition) is 0. The second-order valence-corrected chi connectivity index (χ2v) is 4.01. The van der Waals surface area contributed by atoms with Crippen molar-refractivity contribution in [3.63, 3.8) is 0 Å². The Kier molecular flexibility index (Phi) is 4.05.